The van der Waals surface area contributed by atoms with E-state index in [2.05, 4.69) is 10.5 Å². The summed E-state index contributed by atoms with van der Waals surface area (Å²) in [5.74, 6) is -0.835. The number of hydrazone groups is 1. The van der Waals surface area contributed by atoms with Crippen molar-refractivity contribution in [2.75, 3.05) is 0 Å². The van der Waals surface area contributed by atoms with E-state index in [1.807, 2.05) is 0 Å². The summed E-state index contributed by atoms with van der Waals surface area (Å²) in [6.45, 7) is 0. The van der Waals surface area contributed by atoms with Crippen LogP contribution in [0.2, 0.25) is 0 Å². The van der Waals surface area contributed by atoms with Gasteiger partial charge in [0.1, 0.15) is 5.76 Å². The van der Waals surface area contributed by atoms with E-state index in [0.29, 0.717) is 11.1 Å². The van der Waals surface area contributed by atoms with Crippen molar-refractivity contribution in [3.05, 3.63) is 89.7 Å². The fourth-order valence-corrected chi connectivity index (χ4v) is 3.01. The maximum absolute atomic E-state index is 12.8. The molecule has 2 aromatic carbocycles. The van der Waals surface area contributed by atoms with Crippen LogP contribution < -0.4 is 5.43 Å². The van der Waals surface area contributed by atoms with E-state index in [1.54, 1.807) is 60.7 Å². The maximum atomic E-state index is 12.8. The van der Waals surface area contributed by atoms with Gasteiger partial charge in [0, 0.05) is 0 Å². The zero-order valence-electron chi connectivity index (χ0n) is 14.4. The van der Waals surface area contributed by atoms with Crippen LogP contribution in [0.1, 0.15) is 16.9 Å². The summed E-state index contributed by atoms with van der Waals surface area (Å²) in [7, 11) is -4.47. The van der Waals surface area contributed by atoms with E-state index in [0.717, 1.165) is 12.3 Å². The summed E-state index contributed by atoms with van der Waals surface area (Å²) in [5, 5.41) is 14.3. The first-order valence-corrected chi connectivity index (χ1v) is 9.50. The molecule has 28 heavy (non-hydrogen) atoms. The molecule has 1 amide bonds. The van der Waals surface area contributed by atoms with Gasteiger partial charge in [0.15, 0.2) is 5.60 Å². The van der Waals surface area contributed by atoms with Gasteiger partial charge in [-0.25, -0.2) is 5.43 Å². The molecule has 0 aliphatic heterocycles. The van der Waals surface area contributed by atoms with E-state index in [9.17, 15) is 18.3 Å². The van der Waals surface area contributed by atoms with Crippen molar-refractivity contribution in [2.45, 2.75) is 10.7 Å². The van der Waals surface area contributed by atoms with Crippen LogP contribution in [-0.4, -0.2) is 30.2 Å². The fourth-order valence-electron chi connectivity index (χ4n) is 2.57. The van der Waals surface area contributed by atoms with Crippen molar-refractivity contribution < 1.29 is 27.3 Å². The van der Waals surface area contributed by atoms with Gasteiger partial charge in [-0.2, -0.15) is 13.5 Å². The third-order valence-electron chi connectivity index (χ3n) is 3.93. The lowest BCUT2D eigenvalue weighted by Crippen LogP contribution is -2.43. The molecule has 0 saturated heterocycles. The molecule has 0 spiro atoms. The second-order valence-corrected chi connectivity index (χ2v) is 7.13. The number of hydrogen-bond donors (Lipinski definition) is 3. The van der Waals surface area contributed by atoms with Crippen LogP contribution in [0, 0.1) is 0 Å². The Morgan fingerprint density at radius 3 is 1.96 bits per heavy atom. The van der Waals surface area contributed by atoms with Crippen molar-refractivity contribution in [1.82, 2.24) is 5.43 Å². The number of aliphatic hydroxyl groups is 1. The van der Waals surface area contributed by atoms with E-state index < -0.39 is 26.7 Å². The molecule has 0 aliphatic carbocycles. The van der Waals surface area contributed by atoms with E-state index in [1.165, 1.54) is 6.07 Å². The normalized spacial score (nSPS) is 12.2. The van der Waals surface area contributed by atoms with E-state index >= 15 is 0 Å². The summed E-state index contributed by atoms with van der Waals surface area (Å²) in [5.41, 5.74) is 0.923. The maximum Gasteiger partial charge on any atom is 0.328 e. The van der Waals surface area contributed by atoms with E-state index in [-0.39, 0.29) is 5.76 Å². The summed E-state index contributed by atoms with van der Waals surface area (Å²) < 4.78 is 35.8. The Bertz CT molecular complexity index is 1050. The molecule has 0 aliphatic rings. The quantitative estimate of drug-likeness (QED) is 0.329. The third-order valence-corrected chi connectivity index (χ3v) is 4.65. The molecule has 0 saturated carbocycles. The molecular formula is C19H16N2O6S. The monoisotopic (exact) mass is 400 g/mol. The Morgan fingerprint density at radius 1 is 0.964 bits per heavy atom. The molecule has 1 aromatic heterocycles. The van der Waals surface area contributed by atoms with Crippen LogP contribution in [0.4, 0.5) is 0 Å². The largest absolute Gasteiger partial charge is 0.441 e. The average molecular weight is 400 g/mol. The Hall–Kier alpha value is -3.27. The van der Waals surface area contributed by atoms with Gasteiger partial charge in [-0.3, -0.25) is 9.35 Å². The van der Waals surface area contributed by atoms with Crippen LogP contribution in [0.3, 0.4) is 0 Å². The van der Waals surface area contributed by atoms with Gasteiger partial charge >= 0.3 is 10.1 Å². The van der Waals surface area contributed by atoms with Crippen molar-refractivity contribution >= 4 is 22.2 Å². The number of amides is 1. The molecule has 3 aromatic rings. The topological polar surface area (TPSA) is 129 Å². The highest BCUT2D eigenvalue weighted by Gasteiger charge is 2.39. The summed E-state index contributed by atoms with van der Waals surface area (Å²) >= 11 is 0. The SMILES string of the molecule is O=C(N/N=C\c1ccc(S(=O)(=O)O)o1)C(O)(c1ccccc1)c1ccccc1. The molecule has 0 radical (unpaired) electrons. The van der Waals surface area contributed by atoms with Crippen LogP contribution in [0.25, 0.3) is 0 Å². The van der Waals surface area contributed by atoms with Crippen molar-refractivity contribution in [3.63, 3.8) is 0 Å². The minimum Gasteiger partial charge on any atom is -0.441 e. The molecule has 144 valence electrons. The smallest absolute Gasteiger partial charge is 0.328 e. The highest BCUT2D eigenvalue weighted by molar-refractivity contribution is 7.85. The minimum atomic E-state index is -4.47. The summed E-state index contributed by atoms with van der Waals surface area (Å²) in [6, 6.07) is 19.0. The lowest BCUT2D eigenvalue weighted by atomic mass is 9.85. The number of nitrogens with one attached hydrogen (secondary N) is 1. The number of rotatable bonds is 6. The first-order valence-electron chi connectivity index (χ1n) is 8.06. The molecular weight excluding hydrogens is 384 g/mol. The first kappa shape index (κ1) is 19.5. The van der Waals surface area contributed by atoms with Gasteiger partial charge in [-0.05, 0) is 23.3 Å². The molecule has 8 nitrogen and oxygen atoms in total. The molecule has 0 unspecified atom stereocenters. The van der Waals surface area contributed by atoms with Crippen LogP contribution in [0.15, 0.2) is 87.4 Å². The number of carbonyl (C=O) groups excluding carboxylic acids is 1. The molecule has 0 fully saturated rings. The van der Waals surface area contributed by atoms with Crippen LogP contribution in [0.5, 0.6) is 0 Å². The van der Waals surface area contributed by atoms with Crippen LogP contribution >= 0.6 is 0 Å². The zero-order chi connectivity index (χ0) is 20.2. The molecule has 1 heterocycles. The van der Waals surface area contributed by atoms with Gasteiger partial charge in [-0.15, -0.1) is 0 Å². The number of carbonyl (C=O) groups is 1. The lowest BCUT2D eigenvalue weighted by Gasteiger charge is -2.26. The standard InChI is InChI=1S/C19H16N2O6S/c22-18(21-20-13-16-11-12-17(27-16)28(24,25)26)19(23,14-7-3-1-4-8-14)15-9-5-2-6-10-15/h1-13,23H,(H,21,22)(H,24,25,26)/b20-13-. The number of furan rings is 1. The van der Waals surface area contributed by atoms with Gasteiger partial charge < -0.3 is 9.52 Å². The van der Waals surface area contributed by atoms with Crippen molar-refractivity contribution in [3.8, 4) is 0 Å². The lowest BCUT2D eigenvalue weighted by molar-refractivity contribution is -0.136. The highest BCUT2D eigenvalue weighted by Crippen LogP contribution is 2.29. The number of nitrogens with zero attached hydrogens (tertiary/aromatic N) is 1. The molecule has 3 N–H and O–H groups in total. The second-order valence-electron chi connectivity index (χ2n) is 5.77. The Labute approximate surface area is 160 Å². The van der Waals surface area contributed by atoms with Gasteiger partial charge in [0.05, 0.1) is 6.21 Å². The zero-order valence-corrected chi connectivity index (χ0v) is 15.2. The highest BCUT2D eigenvalue weighted by atomic mass is 32.2. The Balaban J connectivity index is 1.86. The predicted molar refractivity (Wildman–Crippen MR) is 100 cm³/mol. The first-order chi connectivity index (χ1) is 13.3. The third kappa shape index (κ3) is 4.01. The number of benzene rings is 2. The molecule has 0 atom stereocenters. The summed E-state index contributed by atoms with van der Waals surface area (Å²) in [4.78, 5) is 12.8. The molecule has 0 bridgehead atoms. The molecule has 3 rings (SSSR count). The summed E-state index contributed by atoms with van der Waals surface area (Å²) in [6.07, 6.45) is 1.04. The fraction of sp³-hybridized carbons (Fsp3) is 0.0526. The van der Waals surface area contributed by atoms with Gasteiger partial charge in [0.25, 0.3) is 5.91 Å². The number of hydrogen-bond acceptors (Lipinski definition) is 6. The average Bonchev–Trinajstić information content (AvgIpc) is 3.18. The molecule has 9 heteroatoms. The second kappa shape index (κ2) is 7.77. The Morgan fingerprint density at radius 2 is 1.50 bits per heavy atom. The van der Waals surface area contributed by atoms with Gasteiger partial charge in [0.2, 0.25) is 5.09 Å². The van der Waals surface area contributed by atoms with Crippen molar-refractivity contribution in [2.24, 2.45) is 5.10 Å². The Kier molecular flexibility index (Phi) is 5.41. The predicted octanol–water partition coefficient (Wildman–Crippen LogP) is 1.91. The van der Waals surface area contributed by atoms with Crippen molar-refractivity contribution in [1.29, 1.82) is 0 Å². The van der Waals surface area contributed by atoms with Crippen LogP contribution in [-0.2, 0) is 20.5 Å². The van der Waals surface area contributed by atoms with Gasteiger partial charge in [-0.1, -0.05) is 60.7 Å². The van der Waals surface area contributed by atoms with E-state index in [4.69, 9.17) is 8.97 Å². The minimum absolute atomic E-state index is 0.0177.